The number of benzene rings is 1. The van der Waals surface area contributed by atoms with Crippen molar-refractivity contribution in [1.29, 1.82) is 0 Å². The normalized spacial score (nSPS) is 12.3. The number of rotatable bonds is 5. The number of aliphatic hydroxyl groups is 1. The maximum atomic E-state index is 12.6. The fourth-order valence-electron chi connectivity index (χ4n) is 1.15. The zero-order valence-corrected chi connectivity index (χ0v) is 9.34. The highest BCUT2D eigenvalue weighted by molar-refractivity contribution is 5.94. The molecule has 0 heterocycles. The summed E-state index contributed by atoms with van der Waals surface area (Å²) in [5.41, 5.74) is 0.599. The molecule has 1 aromatic carbocycles. The Morgan fingerprint density at radius 1 is 1.33 bits per heavy atom. The summed E-state index contributed by atoms with van der Waals surface area (Å²) in [5.74, 6) is -2.36. The van der Waals surface area contributed by atoms with Gasteiger partial charge in [0, 0.05) is 6.08 Å². The van der Waals surface area contributed by atoms with Crippen molar-refractivity contribution in [3.8, 4) is 0 Å². The van der Waals surface area contributed by atoms with Crippen LogP contribution in [0.2, 0.25) is 0 Å². The molecule has 96 valence electrons. The molecule has 6 heteroatoms. The molecule has 0 radical (unpaired) electrons. The average Bonchev–Trinajstić information content (AvgIpc) is 2.35. The minimum atomic E-state index is -1.34. The van der Waals surface area contributed by atoms with E-state index in [0.29, 0.717) is 5.56 Å². The number of hydrogen-bond acceptors (Lipinski definition) is 3. The molecular weight excluding hydrogens is 241 g/mol. The van der Waals surface area contributed by atoms with Crippen LogP contribution in [0, 0.1) is 5.82 Å². The van der Waals surface area contributed by atoms with Crippen molar-refractivity contribution in [2.75, 3.05) is 6.61 Å². The Kier molecular flexibility index (Phi) is 5.01. The number of carboxylic acid groups (broad SMARTS) is 1. The van der Waals surface area contributed by atoms with Gasteiger partial charge in [-0.15, -0.1) is 0 Å². The number of nitrogens with one attached hydrogen (secondary N) is 1. The van der Waals surface area contributed by atoms with Crippen molar-refractivity contribution >= 4 is 18.0 Å². The molecule has 0 saturated carbocycles. The number of halogens is 1. The summed E-state index contributed by atoms with van der Waals surface area (Å²) in [6.07, 6.45) is 2.52. The largest absolute Gasteiger partial charge is 0.480 e. The molecule has 1 amide bonds. The Bertz CT molecular complexity index is 456. The molecule has 0 saturated heterocycles. The van der Waals surface area contributed by atoms with Gasteiger partial charge in [-0.25, -0.2) is 9.18 Å². The smallest absolute Gasteiger partial charge is 0.328 e. The van der Waals surface area contributed by atoms with E-state index in [1.165, 1.54) is 30.3 Å². The summed E-state index contributed by atoms with van der Waals surface area (Å²) in [7, 11) is 0. The molecule has 0 aliphatic rings. The third-order valence-electron chi connectivity index (χ3n) is 2.09. The van der Waals surface area contributed by atoms with Crippen molar-refractivity contribution in [3.63, 3.8) is 0 Å². The Labute approximate surface area is 103 Å². The minimum Gasteiger partial charge on any atom is -0.480 e. The fourth-order valence-corrected chi connectivity index (χ4v) is 1.15. The Hall–Kier alpha value is -2.21. The van der Waals surface area contributed by atoms with E-state index in [9.17, 15) is 14.0 Å². The van der Waals surface area contributed by atoms with Crippen molar-refractivity contribution in [3.05, 3.63) is 41.7 Å². The number of carboxylic acids is 1. The van der Waals surface area contributed by atoms with E-state index in [-0.39, 0.29) is 5.82 Å². The summed E-state index contributed by atoms with van der Waals surface area (Å²) >= 11 is 0. The van der Waals surface area contributed by atoms with Crippen molar-refractivity contribution in [1.82, 2.24) is 5.32 Å². The highest BCUT2D eigenvalue weighted by Gasteiger charge is 2.16. The molecule has 3 N–H and O–H groups in total. The van der Waals surface area contributed by atoms with Crippen LogP contribution in [0.5, 0.6) is 0 Å². The third kappa shape index (κ3) is 4.34. The van der Waals surface area contributed by atoms with Gasteiger partial charge < -0.3 is 15.5 Å². The van der Waals surface area contributed by atoms with Crippen LogP contribution in [0.25, 0.3) is 6.08 Å². The first kappa shape index (κ1) is 13.9. The summed E-state index contributed by atoms with van der Waals surface area (Å²) in [6, 6.07) is 4.09. The Morgan fingerprint density at radius 3 is 2.44 bits per heavy atom. The van der Waals surface area contributed by atoms with Gasteiger partial charge in [0.15, 0.2) is 6.04 Å². The van der Waals surface area contributed by atoms with Gasteiger partial charge in [-0.2, -0.15) is 0 Å². The molecule has 0 fully saturated rings. The highest BCUT2D eigenvalue weighted by Crippen LogP contribution is 2.04. The van der Waals surface area contributed by atoms with Gasteiger partial charge in [-0.05, 0) is 23.8 Å². The van der Waals surface area contributed by atoms with E-state index < -0.39 is 24.5 Å². The predicted molar refractivity (Wildman–Crippen MR) is 62.1 cm³/mol. The van der Waals surface area contributed by atoms with Crippen LogP contribution >= 0.6 is 0 Å². The number of carbonyl (C=O) groups excluding carboxylic acids is 1. The lowest BCUT2D eigenvalue weighted by Gasteiger charge is -2.09. The maximum Gasteiger partial charge on any atom is 0.328 e. The van der Waals surface area contributed by atoms with Gasteiger partial charge in [0.2, 0.25) is 5.91 Å². The SMILES string of the molecule is O=C(/C=C/c1ccc(F)cc1)N[C@H](CO)C(=O)O. The van der Waals surface area contributed by atoms with Crippen LogP contribution in [0.15, 0.2) is 30.3 Å². The van der Waals surface area contributed by atoms with E-state index in [1.54, 1.807) is 0 Å². The molecule has 0 aromatic heterocycles. The number of carbonyl (C=O) groups is 2. The zero-order valence-electron chi connectivity index (χ0n) is 9.34. The van der Waals surface area contributed by atoms with Gasteiger partial charge >= 0.3 is 5.97 Å². The summed E-state index contributed by atoms with van der Waals surface area (Å²) < 4.78 is 12.6. The molecule has 0 unspecified atom stereocenters. The minimum absolute atomic E-state index is 0.386. The van der Waals surface area contributed by atoms with E-state index >= 15 is 0 Å². The molecule has 1 rings (SSSR count). The van der Waals surface area contributed by atoms with Crippen molar-refractivity contribution in [2.24, 2.45) is 0 Å². The zero-order chi connectivity index (χ0) is 13.5. The quantitative estimate of drug-likeness (QED) is 0.663. The third-order valence-corrected chi connectivity index (χ3v) is 2.09. The first-order valence-electron chi connectivity index (χ1n) is 5.10. The molecular formula is C12H12FNO4. The lowest BCUT2D eigenvalue weighted by atomic mass is 10.2. The van der Waals surface area contributed by atoms with Gasteiger partial charge in [-0.1, -0.05) is 12.1 Å². The van der Waals surface area contributed by atoms with Crippen molar-refractivity contribution < 1.29 is 24.2 Å². The number of hydrogen-bond donors (Lipinski definition) is 3. The second kappa shape index (κ2) is 6.51. The van der Waals surface area contributed by atoms with Crippen molar-refractivity contribution in [2.45, 2.75) is 6.04 Å². The van der Waals surface area contributed by atoms with Gasteiger partial charge in [0.25, 0.3) is 0 Å². The molecule has 1 aromatic rings. The lowest BCUT2D eigenvalue weighted by molar-refractivity contribution is -0.142. The second-order valence-corrected chi connectivity index (χ2v) is 3.47. The molecule has 18 heavy (non-hydrogen) atoms. The van der Waals surface area contributed by atoms with Crippen LogP contribution in [0.3, 0.4) is 0 Å². The fraction of sp³-hybridized carbons (Fsp3) is 0.167. The monoisotopic (exact) mass is 253 g/mol. The van der Waals surface area contributed by atoms with Crippen LogP contribution in [0.1, 0.15) is 5.56 Å². The first-order chi connectivity index (χ1) is 8.52. The lowest BCUT2D eigenvalue weighted by Crippen LogP contribution is -2.42. The Balaban J connectivity index is 2.59. The number of aliphatic hydroxyl groups excluding tert-OH is 1. The van der Waals surface area contributed by atoms with E-state index in [1.807, 2.05) is 0 Å². The second-order valence-electron chi connectivity index (χ2n) is 3.47. The van der Waals surface area contributed by atoms with Crippen LogP contribution in [0.4, 0.5) is 4.39 Å². The standard InChI is InChI=1S/C12H12FNO4/c13-9-4-1-8(2-5-9)3-6-11(16)14-10(7-15)12(17)18/h1-6,10,15H,7H2,(H,14,16)(H,17,18)/b6-3+/t10-/m1/s1. The molecule has 5 nitrogen and oxygen atoms in total. The predicted octanol–water partition coefficient (Wildman–Crippen LogP) is 0.401. The molecule has 0 aliphatic heterocycles. The van der Waals surface area contributed by atoms with Gasteiger partial charge in [-0.3, -0.25) is 4.79 Å². The Morgan fingerprint density at radius 2 is 1.94 bits per heavy atom. The molecule has 0 spiro atoms. The summed E-state index contributed by atoms with van der Waals surface area (Å²) in [6.45, 7) is -0.689. The van der Waals surface area contributed by atoms with Gasteiger partial charge in [0.05, 0.1) is 6.61 Å². The molecule has 0 aliphatic carbocycles. The summed E-state index contributed by atoms with van der Waals surface area (Å²) in [4.78, 5) is 21.8. The molecule has 0 bridgehead atoms. The van der Waals surface area contributed by atoms with Crippen LogP contribution in [-0.2, 0) is 9.59 Å². The summed E-state index contributed by atoms with van der Waals surface area (Å²) in [5, 5.41) is 19.4. The average molecular weight is 253 g/mol. The van der Waals surface area contributed by atoms with E-state index in [4.69, 9.17) is 10.2 Å². The first-order valence-corrected chi connectivity index (χ1v) is 5.10. The van der Waals surface area contributed by atoms with Gasteiger partial charge in [0.1, 0.15) is 5.82 Å². The molecule has 1 atom stereocenters. The van der Waals surface area contributed by atoms with E-state index in [0.717, 1.165) is 6.08 Å². The number of amides is 1. The maximum absolute atomic E-state index is 12.6. The van der Waals surface area contributed by atoms with Crippen LogP contribution in [-0.4, -0.2) is 34.7 Å². The van der Waals surface area contributed by atoms with E-state index in [2.05, 4.69) is 5.32 Å². The highest BCUT2D eigenvalue weighted by atomic mass is 19.1. The topological polar surface area (TPSA) is 86.6 Å². The van der Waals surface area contributed by atoms with Crippen LogP contribution < -0.4 is 5.32 Å². The number of aliphatic carboxylic acids is 1.